The number of rotatable bonds is 5. The molecule has 7 heteroatoms. The van der Waals surface area contributed by atoms with Crippen molar-refractivity contribution in [3.05, 3.63) is 29.0 Å². The molecule has 118 valence electrons. The Morgan fingerprint density at radius 1 is 1.50 bits per heavy atom. The molecule has 1 atom stereocenters. The van der Waals surface area contributed by atoms with Crippen LogP contribution in [0.4, 0.5) is 5.13 Å². The average Bonchev–Trinajstić information content (AvgIpc) is 3.18. The first-order valence-corrected chi connectivity index (χ1v) is 8.44. The second-order valence-corrected chi connectivity index (χ2v) is 6.64. The maximum atomic E-state index is 11.9. The Morgan fingerprint density at radius 2 is 2.36 bits per heavy atom. The predicted molar refractivity (Wildman–Crippen MR) is 87.2 cm³/mol. The number of thiazole rings is 1. The molecule has 1 aliphatic heterocycles. The van der Waals surface area contributed by atoms with E-state index in [1.54, 1.807) is 6.20 Å². The zero-order valence-corrected chi connectivity index (χ0v) is 13.8. The first-order chi connectivity index (χ1) is 10.6. The number of anilines is 1. The van der Waals surface area contributed by atoms with E-state index < -0.39 is 0 Å². The number of nitrogens with one attached hydrogen (secondary N) is 1. The normalized spacial score (nSPS) is 18.7. The number of aromatic nitrogens is 3. The van der Waals surface area contributed by atoms with Crippen molar-refractivity contribution in [2.75, 3.05) is 25.0 Å². The van der Waals surface area contributed by atoms with E-state index in [0.29, 0.717) is 17.6 Å². The van der Waals surface area contributed by atoms with Gasteiger partial charge in [-0.05, 0) is 26.3 Å². The molecule has 3 rings (SSSR count). The summed E-state index contributed by atoms with van der Waals surface area (Å²) in [5.74, 6) is 0.0320. The lowest BCUT2D eigenvalue weighted by Gasteiger charge is -2.16. The lowest BCUT2D eigenvalue weighted by atomic mass is 10.2. The maximum absolute atomic E-state index is 11.9. The van der Waals surface area contributed by atoms with Gasteiger partial charge in [0, 0.05) is 43.3 Å². The highest BCUT2D eigenvalue weighted by molar-refractivity contribution is 7.13. The molecule has 6 nitrogen and oxygen atoms in total. The van der Waals surface area contributed by atoms with E-state index in [4.69, 9.17) is 0 Å². The lowest BCUT2D eigenvalue weighted by molar-refractivity contribution is -0.116. The van der Waals surface area contributed by atoms with E-state index in [-0.39, 0.29) is 5.91 Å². The third-order valence-electron chi connectivity index (χ3n) is 3.97. The molecule has 22 heavy (non-hydrogen) atoms. The highest BCUT2D eigenvalue weighted by Gasteiger charge is 2.25. The number of hydrogen-bond donors (Lipinski definition) is 1. The smallest absolute Gasteiger partial charge is 0.227 e. The van der Waals surface area contributed by atoms with Gasteiger partial charge in [-0.25, -0.2) is 4.98 Å². The molecule has 0 unspecified atom stereocenters. The molecule has 2 aromatic heterocycles. The highest BCUT2D eigenvalue weighted by Crippen LogP contribution is 2.23. The average molecular weight is 319 g/mol. The fourth-order valence-corrected chi connectivity index (χ4v) is 3.50. The van der Waals surface area contributed by atoms with Crippen molar-refractivity contribution >= 4 is 22.4 Å². The Morgan fingerprint density at radius 3 is 3.05 bits per heavy atom. The maximum Gasteiger partial charge on any atom is 0.227 e. The number of carbonyl (C=O) groups excluding carboxylic acids is 1. The number of carbonyl (C=O) groups is 1. The van der Waals surface area contributed by atoms with Gasteiger partial charge in [-0.1, -0.05) is 0 Å². The molecule has 1 saturated heterocycles. The summed E-state index contributed by atoms with van der Waals surface area (Å²) in [6, 6.07) is 2.54. The van der Waals surface area contributed by atoms with Gasteiger partial charge < -0.3 is 10.2 Å². The van der Waals surface area contributed by atoms with Gasteiger partial charge in [-0.15, -0.1) is 11.3 Å². The summed E-state index contributed by atoms with van der Waals surface area (Å²) in [5.41, 5.74) is 2.28. The quantitative estimate of drug-likeness (QED) is 0.918. The Kier molecular flexibility index (Phi) is 4.54. The predicted octanol–water partition coefficient (Wildman–Crippen LogP) is 2.23. The molecule has 1 N–H and O–H groups in total. The molecular weight excluding hydrogens is 298 g/mol. The molecule has 0 spiro atoms. The summed E-state index contributed by atoms with van der Waals surface area (Å²) in [5, 5.41) is 9.93. The minimum atomic E-state index is 0.0320. The van der Waals surface area contributed by atoms with Crippen LogP contribution >= 0.6 is 11.3 Å². The van der Waals surface area contributed by atoms with Crippen LogP contribution in [0.1, 0.15) is 30.3 Å². The second kappa shape index (κ2) is 6.58. The first kappa shape index (κ1) is 15.2. The van der Waals surface area contributed by atoms with Crippen LogP contribution in [-0.2, 0) is 4.79 Å². The van der Waals surface area contributed by atoms with Crippen molar-refractivity contribution < 1.29 is 4.79 Å². The van der Waals surface area contributed by atoms with Crippen LogP contribution < -0.4 is 5.32 Å². The Bertz CT molecular complexity index is 636. The molecule has 0 radical (unpaired) electrons. The fraction of sp³-hybridized carbons (Fsp3) is 0.533. The summed E-state index contributed by atoms with van der Waals surface area (Å²) in [6.45, 7) is 6.90. The Hall–Kier alpha value is -1.73. The monoisotopic (exact) mass is 319 g/mol. The van der Waals surface area contributed by atoms with E-state index in [0.717, 1.165) is 31.7 Å². The summed E-state index contributed by atoms with van der Waals surface area (Å²) in [6.07, 6.45) is 3.29. The number of hydrogen-bond acceptors (Lipinski definition) is 5. The first-order valence-electron chi connectivity index (χ1n) is 7.56. The molecular formula is C15H21N5OS. The lowest BCUT2D eigenvalue weighted by Crippen LogP contribution is -2.26. The molecule has 1 fully saturated rings. The van der Waals surface area contributed by atoms with Crippen LogP contribution in [0.5, 0.6) is 0 Å². The van der Waals surface area contributed by atoms with Crippen LogP contribution in [0.3, 0.4) is 0 Å². The molecule has 0 bridgehead atoms. The van der Waals surface area contributed by atoms with E-state index in [1.165, 1.54) is 17.0 Å². The molecule has 0 aromatic carbocycles. The summed E-state index contributed by atoms with van der Waals surface area (Å²) >= 11 is 1.44. The van der Waals surface area contributed by atoms with Crippen molar-refractivity contribution in [1.82, 2.24) is 19.7 Å². The largest absolute Gasteiger partial charge is 0.302 e. The minimum absolute atomic E-state index is 0.0320. The Labute approximate surface area is 134 Å². The molecule has 1 aliphatic rings. The topological polar surface area (TPSA) is 63.1 Å². The van der Waals surface area contributed by atoms with Gasteiger partial charge in [0.15, 0.2) is 5.13 Å². The van der Waals surface area contributed by atoms with Gasteiger partial charge in [0.1, 0.15) is 0 Å². The molecule has 2 aromatic rings. The third-order valence-corrected chi connectivity index (χ3v) is 4.66. The van der Waals surface area contributed by atoms with Crippen LogP contribution in [0.2, 0.25) is 0 Å². The van der Waals surface area contributed by atoms with Crippen LogP contribution in [0.15, 0.2) is 17.6 Å². The van der Waals surface area contributed by atoms with E-state index in [1.807, 2.05) is 12.3 Å². The van der Waals surface area contributed by atoms with Crippen molar-refractivity contribution in [2.24, 2.45) is 0 Å². The van der Waals surface area contributed by atoms with E-state index in [2.05, 4.69) is 38.0 Å². The molecule has 0 aliphatic carbocycles. The van der Waals surface area contributed by atoms with E-state index in [9.17, 15) is 4.79 Å². The van der Waals surface area contributed by atoms with Gasteiger partial charge in [0.05, 0.1) is 11.7 Å². The summed E-state index contributed by atoms with van der Waals surface area (Å²) in [7, 11) is 0. The zero-order valence-electron chi connectivity index (χ0n) is 13.0. The molecule has 0 saturated carbocycles. The zero-order chi connectivity index (χ0) is 15.5. The summed E-state index contributed by atoms with van der Waals surface area (Å²) in [4.78, 5) is 18.3. The molecule has 1 amide bonds. The van der Waals surface area contributed by atoms with Gasteiger partial charge in [0.2, 0.25) is 5.91 Å². The number of nitrogens with zero attached hydrogens (tertiary/aromatic N) is 4. The third kappa shape index (κ3) is 3.53. The van der Waals surface area contributed by atoms with E-state index >= 15 is 0 Å². The minimum Gasteiger partial charge on any atom is -0.302 e. The fourth-order valence-electron chi connectivity index (χ4n) is 2.96. The van der Waals surface area contributed by atoms with Crippen LogP contribution in [0.25, 0.3) is 0 Å². The number of likely N-dealkylation sites (tertiary alicyclic amines) is 1. The van der Waals surface area contributed by atoms with Crippen LogP contribution in [0, 0.1) is 13.8 Å². The van der Waals surface area contributed by atoms with Crippen LogP contribution in [-0.4, -0.2) is 45.2 Å². The summed E-state index contributed by atoms with van der Waals surface area (Å²) < 4.78 is 2.13. The SMILES string of the molecule is Cc1cc(C)n([C@H]2CCN(CCC(=O)Nc3nccs3)C2)n1. The van der Waals surface area contributed by atoms with Crippen molar-refractivity contribution in [2.45, 2.75) is 32.7 Å². The van der Waals surface area contributed by atoms with Crippen molar-refractivity contribution in [1.29, 1.82) is 0 Å². The molecule has 3 heterocycles. The highest BCUT2D eigenvalue weighted by atomic mass is 32.1. The number of amides is 1. The van der Waals surface area contributed by atoms with Gasteiger partial charge >= 0.3 is 0 Å². The van der Waals surface area contributed by atoms with Gasteiger partial charge in [0.25, 0.3) is 0 Å². The van der Waals surface area contributed by atoms with Gasteiger partial charge in [-0.3, -0.25) is 9.48 Å². The number of aryl methyl sites for hydroxylation is 2. The van der Waals surface area contributed by atoms with Crippen molar-refractivity contribution in [3.8, 4) is 0 Å². The standard InChI is InChI=1S/C15H21N5OS/c1-11-9-12(2)20(18-11)13-3-6-19(10-13)7-4-14(21)17-15-16-5-8-22-15/h5,8-9,13H,3-4,6-7,10H2,1-2H3,(H,16,17,21)/t13-/m0/s1. The van der Waals surface area contributed by atoms with Gasteiger partial charge in [-0.2, -0.15) is 5.10 Å². The van der Waals surface area contributed by atoms with Crippen molar-refractivity contribution in [3.63, 3.8) is 0 Å². The second-order valence-electron chi connectivity index (χ2n) is 5.75. The Balaban J connectivity index is 1.47.